The molecule has 0 saturated carbocycles. The summed E-state index contributed by atoms with van der Waals surface area (Å²) in [4.78, 5) is 26.3. The molecule has 2 fully saturated rings. The van der Waals surface area contributed by atoms with Crippen molar-refractivity contribution in [2.24, 2.45) is 0 Å². The van der Waals surface area contributed by atoms with Crippen LogP contribution in [0.2, 0.25) is 0 Å². The third-order valence-electron chi connectivity index (χ3n) is 4.58. The predicted octanol–water partition coefficient (Wildman–Crippen LogP) is 2.34. The van der Waals surface area contributed by atoms with E-state index in [4.69, 9.17) is 14.1 Å². The highest BCUT2D eigenvalue weighted by atomic mass is 16.7. The Morgan fingerprint density at radius 1 is 1.04 bits per heavy atom. The third-order valence-corrected chi connectivity index (χ3v) is 4.58. The number of ether oxygens (including phenoxy) is 2. The van der Waals surface area contributed by atoms with Gasteiger partial charge in [-0.15, -0.1) is 0 Å². The molecule has 9 heteroatoms. The zero-order chi connectivity index (χ0) is 19.0. The van der Waals surface area contributed by atoms with E-state index in [1.165, 1.54) is 26.5 Å². The van der Waals surface area contributed by atoms with Gasteiger partial charge >= 0.3 is 11.9 Å². The van der Waals surface area contributed by atoms with Crippen molar-refractivity contribution < 1.29 is 23.7 Å². The normalized spacial score (nSPS) is 19.6. The molecule has 142 valence electrons. The van der Waals surface area contributed by atoms with Crippen molar-refractivity contribution >= 4 is 34.3 Å². The maximum absolute atomic E-state index is 12.0. The van der Waals surface area contributed by atoms with Crippen LogP contribution in [0.15, 0.2) is 28.5 Å². The quantitative estimate of drug-likeness (QED) is 0.493. The van der Waals surface area contributed by atoms with E-state index in [2.05, 4.69) is 20.5 Å². The summed E-state index contributed by atoms with van der Waals surface area (Å²) < 4.78 is 15.1. The summed E-state index contributed by atoms with van der Waals surface area (Å²) in [5.74, 6) is -2.77. The van der Waals surface area contributed by atoms with Crippen molar-refractivity contribution in [1.82, 2.24) is 10.3 Å². The molecule has 27 heavy (non-hydrogen) atoms. The summed E-state index contributed by atoms with van der Waals surface area (Å²) in [5.41, 5.74) is 2.45. The fourth-order valence-corrected chi connectivity index (χ4v) is 3.29. The molecule has 0 amide bonds. The smallest absolute Gasteiger partial charge is 0.350 e. The molecule has 2 saturated heterocycles. The second-order valence-electron chi connectivity index (χ2n) is 7.02. The van der Waals surface area contributed by atoms with Gasteiger partial charge in [0.2, 0.25) is 0 Å². The highest BCUT2D eigenvalue weighted by Gasteiger charge is 2.39. The van der Waals surface area contributed by atoms with E-state index >= 15 is 0 Å². The fraction of sp³-hybridized carbons (Fsp3) is 0.444. The molecule has 2 aromatic rings. The summed E-state index contributed by atoms with van der Waals surface area (Å²) in [5, 5.41) is 10.9. The lowest BCUT2D eigenvalue weighted by Crippen LogP contribution is -2.42. The van der Waals surface area contributed by atoms with Crippen molar-refractivity contribution in [3.05, 3.63) is 23.9 Å². The lowest BCUT2D eigenvalue weighted by molar-refractivity contribution is -0.222. The summed E-state index contributed by atoms with van der Waals surface area (Å²) in [7, 11) is 0. The number of hydrogen-bond acceptors (Lipinski definition) is 9. The third kappa shape index (κ3) is 3.32. The first-order chi connectivity index (χ1) is 12.9. The number of nitrogens with zero attached hydrogens (tertiary/aromatic N) is 3. The van der Waals surface area contributed by atoms with Crippen LogP contribution in [0.3, 0.4) is 0 Å². The summed E-state index contributed by atoms with van der Waals surface area (Å²) in [6.45, 7) is 4.92. The molecule has 2 aliphatic heterocycles. The number of benzene rings is 1. The van der Waals surface area contributed by atoms with Crippen LogP contribution in [0.25, 0.3) is 11.0 Å². The van der Waals surface area contributed by atoms with Crippen LogP contribution in [-0.2, 0) is 19.1 Å². The minimum atomic E-state index is -1.27. The standard InChI is InChI=1S/C18H20N4O5/c1-18(2)25-16(23)11(17(24)26-18)10-19-12-6-7-13(15-14(12)20-27-21-15)22-8-4-3-5-9-22/h6-7,10,19H,3-5,8-9H2,1-2H3. The molecule has 1 N–H and O–H groups in total. The maximum Gasteiger partial charge on any atom is 0.350 e. The molecular formula is C18H20N4O5. The Morgan fingerprint density at radius 3 is 2.41 bits per heavy atom. The van der Waals surface area contributed by atoms with E-state index in [0.29, 0.717) is 16.7 Å². The first kappa shape index (κ1) is 17.3. The van der Waals surface area contributed by atoms with Crippen LogP contribution in [0.1, 0.15) is 33.1 Å². The maximum atomic E-state index is 12.0. The molecule has 4 rings (SSSR count). The van der Waals surface area contributed by atoms with E-state index in [1.807, 2.05) is 12.1 Å². The van der Waals surface area contributed by atoms with Gasteiger partial charge in [-0.3, -0.25) is 0 Å². The van der Waals surface area contributed by atoms with Gasteiger partial charge in [-0.1, -0.05) is 0 Å². The zero-order valence-electron chi connectivity index (χ0n) is 15.2. The number of nitrogens with one attached hydrogen (secondary N) is 1. The summed E-state index contributed by atoms with van der Waals surface area (Å²) in [6.07, 6.45) is 4.76. The minimum Gasteiger partial charge on any atom is -0.419 e. The Morgan fingerprint density at radius 2 is 1.70 bits per heavy atom. The highest BCUT2D eigenvalue weighted by molar-refractivity contribution is 6.15. The molecule has 0 unspecified atom stereocenters. The molecule has 0 atom stereocenters. The van der Waals surface area contributed by atoms with Gasteiger partial charge in [0.05, 0.1) is 11.4 Å². The number of rotatable bonds is 3. The van der Waals surface area contributed by atoms with Crippen LogP contribution >= 0.6 is 0 Å². The lowest BCUT2D eigenvalue weighted by atomic mass is 10.1. The molecule has 2 aliphatic rings. The van der Waals surface area contributed by atoms with Crippen LogP contribution in [-0.4, -0.2) is 41.1 Å². The molecule has 0 aliphatic carbocycles. The molecule has 0 bridgehead atoms. The molecule has 1 aromatic heterocycles. The van der Waals surface area contributed by atoms with Crippen molar-refractivity contribution in [2.75, 3.05) is 23.3 Å². The van der Waals surface area contributed by atoms with Gasteiger partial charge in [0.15, 0.2) is 16.6 Å². The average Bonchev–Trinajstić information content (AvgIpc) is 3.10. The van der Waals surface area contributed by atoms with Gasteiger partial charge in [0.25, 0.3) is 5.79 Å². The average molecular weight is 372 g/mol. The highest BCUT2D eigenvalue weighted by Crippen LogP contribution is 2.32. The van der Waals surface area contributed by atoms with E-state index < -0.39 is 17.7 Å². The number of esters is 2. The largest absolute Gasteiger partial charge is 0.419 e. The topological polar surface area (TPSA) is 107 Å². The van der Waals surface area contributed by atoms with E-state index in [-0.39, 0.29) is 5.57 Å². The number of aromatic nitrogens is 2. The molecular weight excluding hydrogens is 352 g/mol. The number of anilines is 2. The number of carbonyl (C=O) groups excluding carboxylic acids is 2. The Labute approximate surface area is 155 Å². The Kier molecular flexibility index (Phi) is 4.21. The van der Waals surface area contributed by atoms with Crippen molar-refractivity contribution in [3.8, 4) is 0 Å². The second kappa shape index (κ2) is 6.57. The van der Waals surface area contributed by atoms with E-state index in [1.54, 1.807) is 0 Å². The second-order valence-corrected chi connectivity index (χ2v) is 7.02. The van der Waals surface area contributed by atoms with Gasteiger partial charge in [0.1, 0.15) is 0 Å². The van der Waals surface area contributed by atoms with Crippen molar-refractivity contribution in [3.63, 3.8) is 0 Å². The van der Waals surface area contributed by atoms with E-state index in [0.717, 1.165) is 31.6 Å². The predicted molar refractivity (Wildman–Crippen MR) is 95.8 cm³/mol. The number of fused-ring (bicyclic) bond motifs is 1. The molecule has 1 aromatic carbocycles. The number of piperidine rings is 1. The number of carbonyl (C=O) groups is 2. The summed E-state index contributed by atoms with van der Waals surface area (Å²) >= 11 is 0. The lowest BCUT2D eigenvalue weighted by Gasteiger charge is -2.29. The van der Waals surface area contributed by atoms with Gasteiger partial charge in [-0.2, -0.15) is 0 Å². The van der Waals surface area contributed by atoms with Gasteiger partial charge in [-0.05, 0) is 41.7 Å². The Bertz CT molecular complexity index is 905. The SMILES string of the molecule is CC1(C)OC(=O)C(=CNc2ccc(N3CCCCC3)c3nonc23)C(=O)O1. The number of cyclic esters (lactones) is 2. The summed E-state index contributed by atoms with van der Waals surface area (Å²) in [6, 6.07) is 3.75. The first-order valence-corrected chi connectivity index (χ1v) is 8.88. The minimum absolute atomic E-state index is 0.223. The van der Waals surface area contributed by atoms with Gasteiger partial charge in [0, 0.05) is 33.1 Å². The van der Waals surface area contributed by atoms with Gasteiger partial charge < -0.3 is 19.7 Å². The van der Waals surface area contributed by atoms with Gasteiger partial charge in [-0.25, -0.2) is 14.2 Å². The van der Waals surface area contributed by atoms with Crippen molar-refractivity contribution in [2.45, 2.75) is 38.9 Å². The number of hydrogen-bond donors (Lipinski definition) is 1. The fourth-order valence-electron chi connectivity index (χ4n) is 3.29. The van der Waals surface area contributed by atoms with Crippen molar-refractivity contribution in [1.29, 1.82) is 0 Å². The van der Waals surface area contributed by atoms with Crippen LogP contribution in [0, 0.1) is 0 Å². The Hall–Kier alpha value is -3.10. The molecule has 3 heterocycles. The van der Waals surface area contributed by atoms with Crippen LogP contribution < -0.4 is 10.2 Å². The monoisotopic (exact) mass is 372 g/mol. The first-order valence-electron chi connectivity index (χ1n) is 8.88. The molecule has 9 nitrogen and oxygen atoms in total. The Balaban J connectivity index is 1.61. The molecule has 0 radical (unpaired) electrons. The van der Waals surface area contributed by atoms with Crippen LogP contribution in [0.4, 0.5) is 11.4 Å². The molecule has 0 spiro atoms. The zero-order valence-corrected chi connectivity index (χ0v) is 15.2. The van der Waals surface area contributed by atoms with E-state index in [9.17, 15) is 9.59 Å². The van der Waals surface area contributed by atoms with Crippen LogP contribution in [0.5, 0.6) is 0 Å².